The summed E-state index contributed by atoms with van der Waals surface area (Å²) < 4.78 is 37.7. The zero-order valence-corrected chi connectivity index (χ0v) is 19.2. The van der Waals surface area contributed by atoms with Crippen LogP contribution in [0.15, 0.2) is 82.3 Å². The molecule has 0 aliphatic heterocycles. The molecule has 3 aromatic rings. The summed E-state index contributed by atoms with van der Waals surface area (Å²) in [6.45, 7) is 1.28. The van der Waals surface area contributed by atoms with Crippen LogP contribution in [0, 0.1) is 6.92 Å². The van der Waals surface area contributed by atoms with Gasteiger partial charge in [-0.2, -0.15) is 4.31 Å². The number of rotatable bonds is 10. The molecule has 1 aromatic heterocycles. The van der Waals surface area contributed by atoms with E-state index in [1.54, 1.807) is 48.5 Å². The second kappa shape index (κ2) is 10.9. The zero-order valence-electron chi connectivity index (χ0n) is 18.4. The number of sulfonamides is 1. The smallest absolute Gasteiger partial charge is 0.307 e. The van der Waals surface area contributed by atoms with E-state index in [0.29, 0.717) is 11.3 Å². The van der Waals surface area contributed by atoms with Gasteiger partial charge < -0.3 is 14.5 Å². The first-order chi connectivity index (χ1) is 15.8. The number of carbonyl (C=O) groups is 2. The Morgan fingerprint density at radius 1 is 1.03 bits per heavy atom. The normalized spacial score (nSPS) is 12.3. The molecule has 0 aliphatic carbocycles. The average Bonchev–Trinajstić information content (AvgIpc) is 3.32. The fourth-order valence-corrected chi connectivity index (χ4v) is 4.61. The Hall–Kier alpha value is -3.43. The van der Waals surface area contributed by atoms with Crippen molar-refractivity contribution in [3.63, 3.8) is 0 Å². The lowest BCUT2D eigenvalue weighted by Gasteiger charge is -2.23. The lowest BCUT2D eigenvalue weighted by molar-refractivity contribution is -0.141. The minimum atomic E-state index is -4.00. The number of carbonyl (C=O) groups excluding carboxylic acids is 2. The summed E-state index contributed by atoms with van der Waals surface area (Å²) in [5, 5.41) is 2.76. The molecule has 0 aliphatic rings. The predicted octanol–water partition coefficient (Wildman–Crippen LogP) is 3.20. The lowest BCUT2D eigenvalue weighted by atomic mass is 10.0. The van der Waals surface area contributed by atoms with Gasteiger partial charge in [0.15, 0.2) is 0 Å². The first-order valence-corrected chi connectivity index (χ1v) is 11.7. The molecule has 9 heteroatoms. The van der Waals surface area contributed by atoms with Gasteiger partial charge in [-0.15, -0.1) is 0 Å². The number of aryl methyl sites for hydroxylation is 1. The summed E-state index contributed by atoms with van der Waals surface area (Å²) in [6, 6.07) is 18.0. The van der Waals surface area contributed by atoms with E-state index in [4.69, 9.17) is 9.15 Å². The molecule has 3 rings (SSSR count). The number of ether oxygens (including phenoxy) is 1. The van der Waals surface area contributed by atoms with Gasteiger partial charge in [0.05, 0.1) is 43.8 Å². The first kappa shape index (κ1) is 24.2. The highest BCUT2D eigenvalue weighted by Gasteiger charge is 2.29. The van der Waals surface area contributed by atoms with Crippen LogP contribution in [0.2, 0.25) is 0 Å². The van der Waals surface area contributed by atoms with Crippen molar-refractivity contribution in [3.8, 4) is 0 Å². The van der Waals surface area contributed by atoms with Gasteiger partial charge in [0.1, 0.15) is 5.76 Å². The van der Waals surface area contributed by atoms with E-state index >= 15 is 0 Å². The first-order valence-electron chi connectivity index (χ1n) is 10.3. The molecule has 1 heterocycles. The van der Waals surface area contributed by atoms with Crippen LogP contribution in [0.1, 0.15) is 29.3 Å². The number of benzene rings is 2. The highest BCUT2D eigenvalue weighted by Crippen LogP contribution is 2.21. The monoisotopic (exact) mass is 470 g/mol. The molecule has 0 fully saturated rings. The number of methoxy groups -OCH3 is 1. The maximum absolute atomic E-state index is 13.3. The van der Waals surface area contributed by atoms with Crippen LogP contribution in [0.3, 0.4) is 0 Å². The Morgan fingerprint density at radius 2 is 1.73 bits per heavy atom. The van der Waals surface area contributed by atoms with Crippen LogP contribution >= 0.6 is 0 Å². The van der Waals surface area contributed by atoms with Crippen molar-refractivity contribution in [1.29, 1.82) is 0 Å². The van der Waals surface area contributed by atoms with Crippen molar-refractivity contribution in [1.82, 2.24) is 9.62 Å². The molecule has 8 nitrogen and oxygen atoms in total. The molecule has 0 radical (unpaired) electrons. The molecule has 0 spiro atoms. The van der Waals surface area contributed by atoms with E-state index in [2.05, 4.69) is 5.32 Å². The number of nitrogens with zero attached hydrogens (tertiary/aromatic N) is 1. The Bertz CT molecular complexity index is 1160. The van der Waals surface area contributed by atoms with Gasteiger partial charge >= 0.3 is 5.97 Å². The minimum absolute atomic E-state index is 0.0710. The SMILES string of the molecule is COC(=O)CC(NC(=O)CN(Cc1ccco1)S(=O)(=O)c1ccc(C)cc1)c1ccccc1. The number of amides is 1. The van der Waals surface area contributed by atoms with Crippen LogP contribution in [0.5, 0.6) is 0 Å². The van der Waals surface area contributed by atoms with Crippen LogP contribution < -0.4 is 5.32 Å². The largest absolute Gasteiger partial charge is 0.469 e. The molecule has 1 N–H and O–H groups in total. The maximum atomic E-state index is 13.3. The third-order valence-corrected chi connectivity index (χ3v) is 6.83. The molecule has 1 atom stereocenters. The highest BCUT2D eigenvalue weighted by atomic mass is 32.2. The third kappa shape index (κ3) is 6.53. The van der Waals surface area contributed by atoms with Crippen molar-refractivity contribution < 1.29 is 27.2 Å². The molecule has 0 saturated heterocycles. The van der Waals surface area contributed by atoms with Gasteiger partial charge in [-0.25, -0.2) is 8.42 Å². The van der Waals surface area contributed by atoms with Crippen molar-refractivity contribution in [2.45, 2.75) is 30.8 Å². The third-order valence-electron chi connectivity index (χ3n) is 5.03. The second-order valence-corrected chi connectivity index (χ2v) is 9.41. The van der Waals surface area contributed by atoms with Gasteiger partial charge in [-0.3, -0.25) is 9.59 Å². The van der Waals surface area contributed by atoms with E-state index in [-0.39, 0.29) is 17.9 Å². The van der Waals surface area contributed by atoms with Crippen LogP contribution in [0.25, 0.3) is 0 Å². The topological polar surface area (TPSA) is 106 Å². The van der Waals surface area contributed by atoms with Crippen LogP contribution in [-0.4, -0.2) is 38.3 Å². The molecule has 0 bridgehead atoms. The van der Waals surface area contributed by atoms with E-state index in [1.165, 1.54) is 25.5 Å². The molecular weight excluding hydrogens is 444 g/mol. The van der Waals surface area contributed by atoms with Crippen molar-refractivity contribution in [3.05, 3.63) is 89.9 Å². The zero-order chi connectivity index (χ0) is 23.8. The molecule has 2 aromatic carbocycles. The summed E-state index contributed by atoms with van der Waals surface area (Å²) in [5.41, 5.74) is 1.62. The molecule has 33 heavy (non-hydrogen) atoms. The number of hydrogen-bond donors (Lipinski definition) is 1. The summed E-state index contributed by atoms with van der Waals surface area (Å²) in [6.07, 6.45) is 1.35. The van der Waals surface area contributed by atoms with Gasteiger partial charge in [-0.05, 0) is 36.8 Å². The average molecular weight is 471 g/mol. The van der Waals surface area contributed by atoms with Gasteiger partial charge in [-0.1, -0.05) is 48.0 Å². The molecule has 174 valence electrons. The number of furan rings is 1. The van der Waals surface area contributed by atoms with Crippen molar-refractivity contribution in [2.75, 3.05) is 13.7 Å². The summed E-state index contributed by atoms with van der Waals surface area (Å²) in [7, 11) is -2.73. The summed E-state index contributed by atoms with van der Waals surface area (Å²) in [4.78, 5) is 24.9. The highest BCUT2D eigenvalue weighted by molar-refractivity contribution is 7.89. The van der Waals surface area contributed by atoms with Gasteiger partial charge in [0.25, 0.3) is 0 Å². The fourth-order valence-electron chi connectivity index (χ4n) is 3.25. The molecule has 0 saturated carbocycles. The quantitative estimate of drug-likeness (QED) is 0.456. The van der Waals surface area contributed by atoms with Crippen LogP contribution in [-0.2, 0) is 30.9 Å². The Balaban J connectivity index is 1.84. The fraction of sp³-hybridized carbons (Fsp3) is 0.250. The number of hydrogen-bond acceptors (Lipinski definition) is 6. The van der Waals surface area contributed by atoms with Gasteiger partial charge in [0.2, 0.25) is 15.9 Å². The Kier molecular flexibility index (Phi) is 8.02. The lowest BCUT2D eigenvalue weighted by Crippen LogP contribution is -2.41. The van der Waals surface area contributed by atoms with E-state index < -0.39 is 34.5 Å². The Labute approximate surface area is 193 Å². The molecule has 1 amide bonds. The van der Waals surface area contributed by atoms with Crippen molar-refractivity contribution in [2.24, 2.45) is 0 Å². The summed E-state index contributed by atoms with van der Waals surface area (Å²) >= 11 is 0. The maximum Gasteiger partial charge on any atom is 0.307 e. The number of nitrogens with one attached hydrogen (secondary N) is 1. The predicted molar refractivity (Wildman–Crippen MR) is 121 cm³/mol. The molecule has 1 unspecified atom stereocenters. The van der Waals surface area contributed by atoms with E-state index in [1.807, 2.05) is 13.0 Å². The minimum Gasteiger partial charge on any atom is -0.469 e. The number of esters is 1. The second-order valence-electron chi connectivity index (χ2n) is 7.48. The Morgan fingerprint density at radius 3 is 2.33 bits per heavy atom. The van der Waals surface area contributed by atoms with Crippen LogP contribution in [0.4, 0.5) is 0 Å². The van der Waals surface area contributed by atoms with E-state index in [0.717, 1.165) is 9.87 Å². The standard InChI is InChI=1S/C24H26N2O6S/c1-18-10-12-21(13-11-18)33(29,30)26(16-20-9-6-14-32-20)17-23(27)25-22(15-24(28)31-2)19-7-4-3-5-8-19/h3-14,22H,15-17H2,1-2H3,(H,25,27). The molecular formula is C24H26N2O6S. The van der Waals surface area contributed by atoms with Gasteiger partial charge in [0, 0.05) is 0 Å². The van der Waals surface area contributed by atoms with Crippen molar-refractivity contribution >= 4 is 21.9 Å². The summed E-state index contributed by atoms with van der Waals surface area (Å²) in [5.74, 6) is -0.661. The van der Waals surface area contributed by atoms with E-state index in [9.17, 15) is 18.0 Å².